The van der Waals surface area contributed by atoms with Crippen LogP contribution in [-0.2, 0) is 6.42 Å². The minimum Gasteiger partial charge on any atom is -0.377 e. The Morgan fingerprint density at radius 1 is 1.14 bits per heavy atom. The number of benzene rings is 1. The van der Waals surface area contributed by atoms with Gasteiger partial charge in [-0.3, -0.25) is 0 Å². The van der Waals surface area contributed by atoms with E-state index in [2.05, 4.69) is 45.0 Å². The molecule has 0 radical (unpaired) electrons. The Morgan fingerprint density at radius 2 is 1.64 bits per heavy atom. The molecule has 0 aromatic heterocycles. The van der Waals surface area contributed by atoms with Crippen molar-refractivity contribution in [1.29, 1.82) is 0 Å². The van der Waals surface area contributed by atoms with Crippen molar-refractivity contribution in [3.63, 3.8) is 0 Å². The van der Waals surface area contributed by atoms with Gasteiger partial charge in [-0.2, -0.15) is 0 Å². The number of nitrogens with zero attached hydrogens (tertiary/aromatic N) is 1. The number of hydrogen-bond acceptors (Lipinski definition) is 2. The lowest BCUT2D eigenvalue weighted by atomic mass is 10.0. The summed E-state index contributed by atoms with van der Waals surface area (Å²) in [5, 5.41) is 0. The molecule has 0 spiro atoms. The van der Waals surface area contributed by atoms with Crippen LogP contribution in [0.15, 0.2) is 12.1 Å². The van der Waals surface area contributed by atoms with Gasteiger partial charge in [-0.25, -0.2) is 0 Å². The first-order valence-electron chi connectivity index (χ1n) is 5.03. The van der Waals surface area contributed by atoms with Crippen molar-refractivity contribution in [1.82, 2.24) is 0 Å². The van der Waals surface area contributed by atoms with Crippen molar-refractivity contribution in [2.75, 3.05) is 25.5 Å². The van der Waals surface area contributed by atoms with Crippen LogP contribution in [0, 0.1) is 13.8 Å². The molecule has 2 heteroatoms. The molecule has 0 saturated heterocycles. The maximum atomic E-state index is 5.55. The van der Waals surface area contributed by atoms with Gasteiger partial charge in [0.1, 0.15) is 0 Å². The summed E-state index contributed by atoms with van der Waals surface area (Å²) in [7, 11) is 4.16. The van der Waals surface area contributed by atoms with Crippen molar-refractivity contribution in [2.24, 2.45) is 5.73 Å². The Balaban J connectivity index is 3.11. The van der Waals surface area contributed by atoms with Crippen LogP contribution in [-0.4, -0.2) is 20.6 Å². The largest absolute Gasteiger partial charge is 0.377 e. The fourth-order valence-electron chi connectivity index (χ4n) is 2.06. The fraction of sp³-hybridized carbons (Fsp3) is 0.500. The van der Waals surface area contributed by atoms with Gasteiger partial charge in [-0.05, 0) is 43.5 Å². The summed E-state index contributed by atoms with van der Waals surface area (Å²) < 4.78 is 0. The van der Waals surface area contributed by atoms with E-state index >= 15 is 0 Å². The molecule has 0 saturated carbocycles. The first kappa shape index (κ1) is 11.1. The predicted molar refractivity (Wildman–Crippen MR) is 63.0 cm³/mol. The van der Waals surface area contributed by atoms with Gasteiger partial charge in [0, 0.05) is 19.8 Å². The average Bonchev–Trinajstić information content (AvgIpc) is 2.01. The van der Waals surface area contributed by atoms with E-state index in [0.717, 1.165) is 13.0 Å². The summed E-state index contributed by atoms with van der Waals surface area (Å²) in [5.41, 5.74) is 10.9. The Kier molecular flexibility index (Phi) is 3.53. The van der Waals surface area contributed by atoms with Crippen molar-refractivity contribution < 1.29 is 0 Å². The molecule has 0 amide bonds. The molecule has 0 heterocycles. The monoisotopic (exact) mass is 192 g/mol. The van der Waals surface area contributed by atoms with Crippen LogP contribution in [0.3, 0.4) is 0 Å². The van der Waals surface area contributed by atoms with Gasteiger partial charge in [0.05, 0.1) is 0 Å². The lowest BCUT2D eigenvalue weighted by Gasteiger charge is -2.19. The maximum absolute atomic E-state index is 5.55. The third kappa shape index (κ3) is 2.26. The summed E-state index contributed by atoms with van der Waals surface area (Å²) in [5.74, 6) is 0. The number of nitrogens with two attached hydrogens (primary N) is 1. The minimum absolute atomic E-state index is 0.722. The molecule has 1 aromatic rings. The van der Waals surface area contributed by atoms with Crippen LogP contribution in [0.25, 0.3) is 0 Å². The number of aryl methyl sites for hydroxylation is 2. The molecule has 0 atom stereocenters. The molecule has 2 nitrogen and oxygen atoms in total. The zero-order chi connectivity index (χ0) is 10.7. The van der Waals surface area contributed by atoms with Crippen molar-refractivity contribution >= 4 is 5.69 Å². The van der Waals surface area contributed by atoms with E-state index in [4.69, 9.17) is 5.73 Å². The van der Waals surface area contributed by atoms with E-state index in [1.807, 2.05) is 0 Å². The van der Waals surface area contributed by atoms with E-state index in [9.17, 15) is 0 Å². The third-order valence-corrected chi connectivity index (χ3v) is 2.43. The van der Waals surface area contributed by atoms with Crippen LogP contribution in [0.1, 0.15) is 16.7 Å². The van der Waals surface area contributed by atoms with Crippen molar-refractivity contribution in [3.05, 3.63) is 28.8 Å². The molecule has 14 heavy (non-hydrogen) atoms. The number of hydrogen-bond donors (Lipinski definition) is 1. The second-order valence-electron chi connectivity index (χ2n) is 4.01. The first-order chi connectivity index (χ1) is 6.56. The zero-order valence-corrected chi connectivity index (χ0v) is 9.59. The van der Waals surface area contributed by atoms with Crippen LogP contribution >= 0.6 is 0 Å². The summed E-state index contributed by atoms with van der Waals surface area (Å²) in [6.07, 6.45) is 0.968. The molecule has 0 aliphatic rings. The molecular formula is C12H20N2. The second kappa shape index (κ2) is 4.47. The van der Waals surface area contributed by atoms with Crippen molar-refractivity contribution in [3.8, 4) is 0 Å². The minimum atomic E-state index is 0.722. The molecule has 0 fully saturated rings. The van der Waals surface area contributed by atoms with Gasteiger partial charge >= 0.3 is 0 Å². The van der Waals surface area contributed by atoms with Gasteiger partial charge in [-0.1, -0.05) is 12.1 Å². The molecular weight excluding hydrogens is 172 g/mol. The molecule has 1 aromatic carbocycles. The van der Waals surface area contributed by atoms with Gasteiger partial charge in [-0.15, -0.1) is 0 Å². The van der Waals surface area contributed by atoms with Crippen molar-refractivity contribution in [2.45, 2.75) is 20.3 Å². The highest BCUT2D eigenvalue weighted by molar-refractivity contribution is 5.59. The Morgan fingerprint density at radius 3 is 2.00 bits per heavy atom. The Bertz CT molecular complexity index is 293. The zero-order valence-electron chi connectivity index (χ0n) is 9.59. The number of anilines is 1. The summed E-state index contributed by atoms with van der Waals surface area (Å²) in [6, 6.07) is 4.46. The lowest BCUT2D eigenvalue weighted by Crippen LogP contribution is -2.13. The standard InChI is InChI=1S/C12H20N2/c1-9-7-11(5-6-13)8-10(2)12(9)14(3)4/h7-8H,5-6,13H2,1-4H3. The highest BCUT2D eigenvalue weighted by Crippen LogP contribution is 2.24. The summed E-state index contributed by atoms with van der Waals surface area (Å²) >= 11 is 0. The molecule has 0 aliphatic carbocycles. The maximum Gasteiger partial charge on any atom is 0.0420 e. The molecule has 0 unspecified atom stereocenters. The van der Waals surface area contributed by atoms with E-state index in [1.54, 1.807) is 0 Å². The smallest absolute Gasteiger partial charge is 0.0420 e. The van der Waals surface area contributed by atoms with E-state index in [1.165, 1.54) is 22.4 Å². The Labute approximate surface area is 86.7 Å². The van der Waals surface area contributed by atoms with Crippen LogP contribution in [0.2, 0.25) is 0 Å². The second-order valence-corrected chi connectivity index (χ2v) is 4.01. The third-order valence-electron chi connectivity index (χ3n) is 2.43. The fourth-order valence-corrected chi connectivity index (χ4v) is 2.06. The lowest BCUT2D eigenvalue weighted by molar-refractivity contribution is 0.961. The molecule has 0 bridgehead atoms. The van der Waals surface area contributed by atoms with Crippen LogP contribution in [0.4, 0.5) is 5.69 Å². The van der Waals surface area contributed by atoms with E-state index in [0.29, 0.717) is 0 Å². The van der Waals surface area contributed by atoms with Crippen LogP contribution in [0.5, 0.6) is 0 Å². The van der Waals surface area contributed by atoms with Gasteiger partial charge in [0.25, 0.3) is 0 Å². The summed E-state index contributed by atoms with van der Waals surface area (Å²) in [4.78, 5) is 2.16. The van der Waals surface area contributed by atoms with Gasteiger partial charge < -0.3 is 10.6 Å². The predicted octanol–water partition coefficient (Wildman–Crippen LogP) is 1.87. The highest BCUT2D eigenvalue weighted by Gasteiger charge is 2.06. The molecule has 78 valence electrons. The van der Waals surface area contributed by atoms with Crippen LogP contribution < -0.4 is 10.6 Å². The quantitative estimate of drug-likeness (QED) is 0.792. The summed E-state index contributed by atoms with van der Waals surface area (Å²) in [6.45, 7) is 5.03. The van der Waals surface area contributed by atoms with Gasteiger partial charge in [0.2, 0.25) is 0 Å². The highest BCUT2D eigenvalue weighted by atomic mass is 15.1. The van der Waals surface area contributed by atoms with Gasteiger partial charge in [0.15, 0.2) is 0 Å². The average molecular weight is 192 g/mol. The normalized spacial score (nSPS) is 10.4. The topological polar surface area (TPSA) is 29.3 Å². The SMILES string of the molecule is Cc1cc(CCN)cc(C)c1N(C)C. The van der Waals surface area contributed by atoms with E-state index < -0.39 is 0 Å². The molecule has 0 aliphatic heterocycles. The molecule has 1 rings (SSSR count). The van der Waals surface area contributed by atoms with E-state index in [-0.39, 0.29) is 0 Å². The Hall–Kier alpha value is -1.02. The first-order valence-corrected chi connectivity index (χ1v) is 5.03. The molecule has 2 N–H and O–H groups in total. The number of rotatable bonds is 3.